The Bertz CT molecular complexity index is 644. The summed E-state index contributed by atoms with van der Waals surface area (Å²) in [7, 11) is 1.61. The lowest BCUT2D eigenvalue weighted by atomic mass is 9.99. The molecule has 2 N–H and O–H groups in total. The van der Waals surface area contributed by atoms with Gasteiger partial charge in [-0.05, 0) is 44.0 Å². The summed E-state index contributed by atoms with van der Waals surface area (Å²) >= 11 is 0. The fourth-order valence-corrected chi connectivity index (χ4v) is 2.11. The maximum absolute atomic E-state index is 11.2. The van der Waals surface area contributed by atoms with Crippen molar-refractivity contribution in [2.75, 3.05) is 7.11 Å². The molecule has 2 aromatic rings. The Morgan fingerprint density at radius 2 is 1.95 bits per heavy atom. The Hall–Kier alpha value is -2.30. The molecule has 1 aromatic heterocycles. The van der Waals surface area contributed by atoms with Crippen LogP contribution in [0.25, 0.3) is 11.3 Å². The zero-order chi connectivity index (χ0) is 14.2. The molecule has 0 saturated carbocycles. The predicted molar refractivity (Wildman–Crippen MR) is 71.7 cm³/mol. The molecule has 5 heteroatoms. The van der Waals surface area contributed by atoms with E-state index >= 15 is 0 Å². The average molecular weight is 260 g/mol. The summed E-state index contributed by atoms with van der Waals surface area (Å²) in [5.74, 6) is 0.356. The lowest BCUT2D eigenvalue weighted by Crippen LogP contribution is -2.01. The molecule has 0 unspecified atom stereocenters. The summed E-state index contributed by atoms with van der Waals surface area (Å²) in [5, 5.41) is 9.21. The SMILES string of the molecule is COc1ccc(-c2nc(C)[nH]c2C(=O)O)c(C)c1C. The fourth-order valence-electron chi connectivity index (χ4n) is 2.11. The molecule has 0 aliphatic carbocycles. The minimum absolute atomic E-state index is 0.116. The first-order valence-corrected chi connectivity index (χ1v) is 5.90. The highest BCUT2D eigenvalue weighted by atomic mass is 16.5. The topological polar surface area (TPSA) is 75.2 Å². The van der Waals surface area contributed by atoms with Gasteiger partial charge in [-0.15, -0.1) is 0 Å². The second-order valence-electron chi connectivity index (χ2n) is 4.42. The van der Waals surface area contributed by atoms with Crippen molar-refractivity contribution in [3.63, 3.8) is 0 Å². The van der Waals surface area contributed by atoms with Crippen molar-refractivity contribution in [3.05, 3.63) is 34.8 Å². The molecular weight excluding hydrogens is 244 g/mol. The summed E-state index contributed by atoms with van der Waals surface area (Å²) in [6, 6.07) is 3.66. The maximum Gasteiger partial charge on any atom is 0.354 e. The molecule has 0 aliphatic heterocycles. The van der Waals surface area contributed by atoms with Crippen LogP contribution in [0.4, 0.5) is 0 Å². The number of benzene rings is 1. The van der Waals surface area contributed by atoms with Gasteiger partial charge in [-0.2, -0.15) is 0 Å². The van der Waals surface area contributed by atoms with Crippen LogP contribution in [0, 0.1) is 20.8 Å². The molecule has 2 rings (SSSR count). The standard InChI is InChI=1S/C14H16N2O3/c1-7-8(2)11(19-4)6-5-10(7)12-13(14(17)18)16-9(3)15-12/h5-6H,1-4H3,(H,15,16)(H,17,18). The van der Waals surface area contributed by atoms with Crippen molar-refractivity contribution < 1.29 is 14.6 Å². The van der Waals surface area contributed by atoms with Crippen LogP contribution in [0.1, 0.15) is 27.4 Å². The van der Waals surface area contributed by atoms with E-state index in [-0.39, 0.29) is 5.69 Å². The van der Waals surface area contributed by atoms with Gasteiger partial charge in [-0.25, -0.2) is 9.78 Å². The number of aromatic nitrogens is 2. The Morgan fingerprint density at radius 1 is 1.26 bits per heavy atom. The molecule has 100 valence electrons. The van der Waals surface area contributed by atoms with E-state index in [9.17, 15) is 9.90 Å². The van der Waals surface area contributed by atoms with Gasteiger partial charge in [0.15, 0.2) is 5.69 Å². The maximum atomic E-state index is 11.2. The number of methoxy groups -OCH3 is 1. The van der Waals surface area contributed by atoms with Crippen molar-refractivity contribution in [1.29, 1.82) is 0 Å². The molecule has 0 bridgehead atoms. The number of ether oxygens (including phenoxy) is 1. The van der Waals surface area contributed by atoms with Gasteiger partial charge in [0.05, 0.1) is 7.11 Å². The number of hydrogen-bond acceptors (Lipinski definition) is 3. The summed E-state index contributed by atoms with van der Waals surface area (Å²) in [4.78, 5) is 18.3. The number of aromatic carboxylic acids is 1. The van der Waals surface area contributed by atoms with Crippen LogP contribution in [-0.2, 0) is 0 Å². The van der Waals surface area contributed by atoms with Crippen molar-refractivity contribution >= 4 is 5.97 Å². The average Bonchev–Trinajstić information content (AvgIpc) is 2.75. The van der Waals surface area contributed by atoms with E-state index in [0.29, 0.717) is 11.5 Å². The zero-order valence-corrected chi connectivity index (χ0v) is 11.4. The van der Waals surface area contributed by atoms with E-state index in [1.54, 1.807) is 14.0 Å². The third kappa shape index (κ3) is 2.19. The Kier molecular flexibility index (Phi) is 3.29. The third-order valence-corrected chi connectivity index (χ3v) is 3.25. The monoisotopic (exact) mass is 260 g/mol. The van der Waals surface area contributed by atoms with Gasteiger partial charge in [-0.3, -0.25) is 0 Å². The number of imidazole rings is 1. The number of rotatable bonds is 3. The number of aryl methyl sites for hydroxylation is 1. The second-order valence-corrected chi connectivity index (χ2v) is 4.42. The fraction of sp³-hybridized carbons (Fsp3) is 0.286. The molecule has 1 aromatic carbocycles. The lowest BCUT2D eigenvalue weighted by Gasteiger charge is -2.11. The Morgan fingerprint density at radius 3 is 2.53 bits per heavy atom. The van der Waals surface area contributed by atoms with Crippen molar-refractivity contribution in [2.45, 2.75) is 20.8 Å². The van der Waals surface area contributed by atoms with Crippen LogP contribution in [0.2, 0.25) is 0 Å². The first-order chi connectivity index (χ1) is 8.95. The van der Waals surface area contributed by atoms with Gasteiger partial charge in [0, 0.05) is 5.56 Å². The Balaban J connectivity index is 2.66. The van der Waals surface area contributed by atoms with Gasteiger partial charge in [0.1, 0.15) is 17.3 Å². The Labute approximate surface area is 111 Å². The van der Waals surface area contributed by atoms with Crippen LogP contribution in [-0.4, -0.2) is 28.2 Å². The van der Waals surface area contributed by atoms with E-state index in [1.165, 1.54) is 0 Å². The number of carboxylic acids is 1. The molecular formula is C14H16N2O3. The van der Waals surface area contributed by atoms with Crippen LogP contribution >= 0.6 is 0 Å². The van der Waals surface area contributed by atoms with Crippen LogP contribution in [0.15, 0.2) is 12.1 Å². The molecule has 0 spiro atoms. The number of hydrogen-bond donors (Lipinski definition) is 2. The molecule has 0 fully saturated rings. The van der Waals surface area contributed by atoms with Crippen molar-refractivity contribution in [2.24, 2.45) is 0 Å². The number of carboxylic acid groups (broad SMARTS) is 1. The minimum Gasteiger partial charge on any atom is -0.496 e. The molecule has 0 radical (unpaired) electrons. The molecule has 0 saturated heterocycles. The summed E-state index contributed by atoms with van der Waals surface area (Å²) < 4.78 is 5.26. The predicted octanol–water partition coefficient (Wildman–Crippen LogP) is 2.71. The van der Waals surface area contributed by atoms with E-state index in [4.69, 9.17) is 4.74 Å². The first kappa shape index (κ1) is 13.1. The van der Waals surface area contributed by atoms with Gasteiger partial charge < -0.3 is 14.8 Å². The van der Waals surface area contributed by atoms with E-state index in [2.05, 4.69) is 9.97 Å². The van der Waals surface area contributed by atoms with Crippen LogP contribution in [0.3, 0.4) is 0 Å². The summed E-state index contributed by atoms with van der Waals surface area (Å²) in [6.45, 7) is 5.61. The third-order valence-electron chi connectivity index (χ3n) is 3.25. The van der Waals surface area contributed by atoms with Crippen molar-refractivity contribution in [3.8, 4) is 17.0 Å². The van der Waals surface area contributed by atoms with E-state index in [0.717, 1.165) is 22.4 Å². The molecule has 0 atom stereocenters. The van der Waals surface area contributed by atoms with Crippen LogP contribution in [0.5, 0.6) is 5.75 Å². The molecule has 5 nitrogen and oxygen atoms in total. The highest BCUT2D eigenvalue weighted by molar-refractivity contribution is 5.93. The largest absolute Gasteiger partial charge is 0.496 e. The van der Waals surface area contributed by atoms with E-state index < -0.39 is 5.97 Å². The van der Waals surface area contributed by atoms with Gasteiger partial charge in [-0.1, -0.05) is 0 Å². The smallest absolute Gasteiger partial charge is 0.354 e. The summed E-state index contributed by atoms with van der Waals surface area (Å²) in [5.41, 5.74) is 3.34. The van der Waals surface area contributed by atoms with Gasteiger partial charge >= 0.3 is 5.97 Å². The summed E-state index contributed by atoms with van der Waals surface area (Å²) in [6.07, 6.45) is 0. The highest BCUT2D eigenvalue weighted by Gasteiger charge is 2.19. The lowest BCUT2D eigenvalue weighted by molar-refractivity contribution is 0.0692. The number of H-pyrrole nitrogens is 1. The number of nitrogens with one attached hydrogen (secondary N) is 1. The molecule has 0 aliphatic rings. The van der Waals surface area contributed by atoms with Crippen molar-refractivity contribution in [1.82, 2.24) is 9.97 Å². The van der Waals surface area contributed by atoms with Gasteiger partial charge in [0.2, 0.25) is 0 Å². The molecule has 0 amide bonds. The molecule has 19 heavy (non-hydrogen) atoms. The zero-order valence-electron chi connectivity index (χ0n) is 11.4. The number of carbonyl (C=O) groups is 1. The van der Waals surface area contributed by atoms with Crippen LogP contribution < -0.4 is 4.74 Å². The number of aromatic amines is 1. The quantitative estimate of drug-likeness (QED) is 0.889. The minimum atomic E-state index is -1.01. The van der Waals surface area contributed by atoms with E-state index in [1.807, 2.05) is 26.0 Å². The number of nitrogens with zero attached hydrogens (tertiary/aromatic N) is 1. The second kappa shape index (κ2) is 4.76. The first-order valence-electron chi connectivity index (χ1n) is 5.90. The normalized spacial score (nSPS) is 10.5. The van der Waals surface area contributed by atoms with Gasteiger partial charge in [0.25, 0.3) is 0 Å². The highest BCUT2D eigenvalue weighted by Crippen LogP contribution is 2.31. The molecule has 1 heterocycles.